The van der Waals surface area contributed by atoms with Gasteiger partial charge in [-0.1, -0.05) is 12.1 Å². The summed E-state index contributed by atoms with van der Waals surface area (Å²) in [6.07, 6.45) is 1.17. The molecule has 0 bridgehead atoms. The van der Waals surface area contributed by atoms with Crippen molar-refractivity contribution in [1.82, 2.24) is 9.47 Å². The van der Waals surface area contributed by atoms with Crippen LogP contribution in [0.5, 0.6) is 5.75 Å². The number of nitriles is 1. The first kappa shape index (κ1) is 23.2. The lowest BCUT2D eigenvalue weighted by molar-refractivity contribution is -0.00939. The molecule has 0 saturated carbocycles. The number of carbonyl (C=O) groups excluding carboxylic acids is 1. The lowest BCUT2D eigenvalue weighted by Gasteiger charge is -2.45. The van der Waals surface area contributed by atoms with E-state index in [1.807, 2.05) is 41.0 Å². The first-order valence-corrected chi connectivity index (χ1v) is 13.3. The van der Waals surface area contributed by atoms with Crippen molar-refractivity contribution in [2.75, 3.05) is 13.1 Å². The Hall–Kier alpha value is -3.57. The highest BCUT2D eigenvalue weighted by Crippen LogP contribution is 2.46. The normalized spacial score (nSPS) is 16.4. The van der Waals surface area contributed by atoms with Crippen LogP contribution in [0, 0.1) is 18.3 Å². The van der Waals surface area contributed by atoms with E-state index < -0.39 is 20.7 Å². The highest BCUT2D eigenvalue weighted by Gasteiger charge is 2.45. The second-order valence-electron chi connectivity index (χ2n) is 9.48. The third kappa shape index (κ3) is 3.62. The van der Waals surface area contributed by atoms with Gasteiger partial charge in [0.25, 0.3) is 5.91 Å². The number of sulfone groups is 1. The van der Waals surface area contributed by atoms with Gasteiger partial charge in [-0.2, -0.15) is 5.26 Å². The zero-order chi connectivity index (χ0) is 25.0. The van der Waals surface area contributed by atoms with Crippen molar-refractivity contribution < 1.29 is 17.9 Å². The van der Waals surface area contributed by atoms with Gasteiger partial charge in [0.1, 0.15) is 17.5 Å². The molecule has 2 aliphatic heterocycles. The van der Waals surface area contributed by atoms with Crippen LogP contribution in [0.4, 0.5) is 0 Å². The number of benzene rings is 2. The molecule has 2 aromatic carbocycles. The molecule has 0 radical (unpaired) electrons. The molecule has 0 unspecified atom stereocenters. The summed E-state index contributed by atoms with van der Waals surface area (Å²) in [4.78, 5) is 15.4. The number of aromatic nitrogens is 1. The zero-order valence-corrected chi connectivity index (χ0v) is 20.8. The van der Waals surface area contributed by atoms with Crippen molar-refractivity contribution in [2.45, 2.75) is 49.4 Å². The van der Waals surface area contributed by atoms with Crippen LogP contribution in [-0.4, -0.2) is 42.1 Å². The zero-order valence-electron chi connectivity index (χ0n) is 20.0. The minimum absolute atomic E-state index is 0.116. The molecule has 8 heteroatoms. The molecule has 3 heterocycles. The molecule has 1 fully saturated rings. The van der Waals surface area contributed by atoms with Crippen molar-refractivity contribution in [3.63, 3.8) is 0 Å². The van der Waals surface area contributed by atoms with E-state index in [4.69, 9.17) is 4.74 Å². The Kier molecular flexibility index (Phi) is 5.48. The lowest BCUT2D eigenvalue weighted by atomic mass is 9.86. The quantitative estimate of drug-likeness (QED) is 0.545. The van der Waals surface area contributed by atoms with Crippen molar-refractivity contribution in [1.29, 1.82) is 5.26 Å². The smallest absolute Gasteiger partial charge is 0.254 e. The third-order valence-corrected chi connectivity index (χ3v) is 9.26. The summed E-state index contributed by atoms with van der Waals surface area (Å²) in [6.45, 7) is 6.04. The molecule has 7 nitrogen and oxygen atoms in total. The maximum Gasteiger partial charge on any atom is 0.254 e. The Bertz CT molecular complexity index is 1470. The van der Waals surface area contributed by atoms with Gasteiger partial charge in [0.15, 0.2) is 15.4 Å². The van der Waals surface area contributed by atoms with Gasteiger partial charge in [-0.25, -0.2) is 8.42 Å². The summed E-state index contributed by atoms with van der Waals surface area (Å²) in [7, 11) is -3.41. The first-order chi connectivity index (χ1) is 16.7. The molecule has 180 valence electrons. The number of carbonyl (C=O) groups is 1. The van der Waals surface area contributed by atoms with E-state index >= 15 is 0 Å². The monoisotopic (exact) mass is 489 g/mol. The number of likely N-dealkylation sites (tertiary alicyclic amines) is 1. The molecule has 1 spiro atoms. The molecule has 0 N–H and O–H groups in total. The van der Waals surface area contributed by atoms with Crippen LogP contribution in [-0.2, 0) is 15.4 Å². The Balaban J connectivity index is 1.40. The van der Waals surface area contributed by atoms with Gasteiger partial charge in [0.05, 0.1) is 21.5 Å². The number of para-hydroxylation sites is 2. The van der Waals surface area contributed by atoms with Gasteiger partial charge in [-0.05, 0) is 68.8 Å². The van der Waals surface area contributed by atoms with E-state index in [1.165, 1.54) is 6.07 Å². The fourth-order valence-electron chi connectivity index (χ4n) is 5.05. The second kappa shape index (κ2) is 8.28. The summed E-state index contributed by atoms with van der Waals surface area (Å²) in [5, 5.41) is 9.13. The molecule has 1 aromatic heterocycles. The van der Waals surface area contributed by atoms with Gasteiger partial charge in [-0.15, -0.1) is 0 Å². The number of nitrogens with zero attached hydrogens (tertiary/aromatic N) is 3. The minimum atomic E-state index is -3.41. The number of fused-ring (bicyclic) bond motifs is 4. The Morgan fingerprint density at radius 3 is 2.46 bits per heavy atom. The number of aryl methyl sites for hydroxylation is 1. The van der Waals surface area contributed by atoms with Crippen molar-refractivity contribution in [3.8, 4) is 17.5 Å². The lowest BCUT2D eigenvalue weighted by Crippen LogP contribution is -2.50. The largest absolute Gasteiger partial charge is 0.479 e. The summed E-state index contributed by atoms with van der Waals surface area (Å²) in [5.41, 5.74) is 2.87. The minimum Gasteiger partial charge on any atom is -0.479 e. The van der Waals surface area contributed by atoms with Crippen LogP contribution < -0.4 is 4.74 Å². The number of hydrogen-bond donors (Lipinski definition) is 0. The predicted molar refractivity (Wildman–Crippen MR) is 131 cm³/mol. The Morgan fingerprint density at radius 1 is 1.09 bits per heavy atom. The number of rotatable bonds is 3. The SMILES string of the molecule is Cc1cc(S(=O)(=O)C(C)C)ccc1C(=O)N1CCC2(CC1)Oc1ccccc1-n1c(C#N)ccc12. The summed E-state index contributed by atoms with van der Waals surface area (Å²) < 4.78 is 33.5. The summed E-state index contributed by atoms with van der Waals surface area (Å²) in [6, 6.07) is 18.5. The number of piperidine rings is 1. The molecule has 0 aliphatic carbocycles. The van der Waals surface area contributed by atoms with Gasteiger partial charge >= 0.3 is 0 Å². The molecule has 2 aliphatic rings. The van der Waals surface area contributed by atoms with Crippen LogP contribution in [0.2, 0.25) is 0 Å². The second-order valence-corrected chi connectivity index (χ2v) is 12.0. The molecular formula is C27H27N3O4S. The van der Waals surface area contributed by atoms with Crippen LogP contribution >= 0.6 is 0 Å². The maximum atomic E-state index is 13.4. The highest BCUT2D eigenvalue weighted by atomic mass is 32.2. The predicted octanol–water partition coefficient (Wildman–Crippen LogP) is 4.36. The van der Waals surface area contributed by atoms with Crippen LogP contribution in [0.25, 0.3) is 5.69 Å². The molecule has 0 atom stereocenters. The highest BCUT2D eigenvalue weighted by molar-refractivity contribution is 7.92. The molecular weight excluding hydrogens is 462 g/mol. The average Bonchev–Trinajstić information content (AvgIpc) is 3.30. The molecule has 1 saturated heterocycles. The Labute approximate surface area is 205 Å². The van der Waals surface area contributed by atoms with Crippen LogP contribution in [0.3, 0.4) is 0 Å². The fraction of sp³-hybridized carbons (Fsp3) is 0.333. The van der Waals surface area contributed by atoms with Crippen molar-refractivity contribution in [3.05, 3.63) is 77.1 Å². The van der Waals surface area contributed by atoms with E-state index in [1.54, 1.807) is 37.8 Å². The number of amides is 1. The third-order valence-electron chi connectivity index (χ3n) is 7.11. The van der Waals surface area contributed by atoms with Gasteiger partial charge in [-0.3, -0.25) is 9.36 Å². The van der Waals surface area contributed by atoms with E-state index in [0.717, 1.165) is 17.1 Å². The van der Waals surface area contributed by atoms with E-state index in [-0.39, 0.29) is 10.8 Å². The molecule has 35 heavy (non-hydrogen) atoms. The first-order valence-electron chi connectivity index (χ1n) is 11.7. The molecule has 5 rings (SSSR count). The van der Waals surface area contributed by atoms with Crippen molar-refractivity contribution >= 4 is 15.7 Å². The summed E-state index contributed by atoms with van der Waals surface area (Å²) >= 11 is 0. The molecule has 3 aromatic rings. The summed E-state index contributed by atoms with van der Waals surface area (Å²) in [5.74, 6) is 0.612. The van der Waals surface area contributed by atoms with Gasteiger partial charge < -0.3 is 9.64 Å². The number of hydrogen-bond acceptors (Lipinski definition) is 5. The number of ether oxygens (including phenoxy) is 1. The van der Waals surface area contributed by atoms with Gasteiger partial charge in [0.2, 0.25) is 0 Å². The van der Waals surface area contributed by atoms with E-state index in [2.05, 4.69) is 6.07 Å². The van der Waals surface area contributed by atoms with Gasteiger partial charge in [0, 0.05) is 31.5 Å². The van der Waals surface area contributed by atoms with E-state index in [9.17, 15) is 18.5 Å². The fourth-order valence-corrected chi connectivity index (χ4v) is 6.20. The van der Waals surface area contributed by atoms with Crippen LogP contribution in [0.15, 0.2) is 59.5 Å². The maximum absolute atomic E-state index is 13.4. The Morgan fingerprint density at radius 2 is 1.80 bits per heavy atom. The van der Waals surface area contributed by atoms with E-state index in [0.29, 0.717) is 42.8 Å². The van der Waals surface area contributed by atoms with Crippen molar-refractivity contribution in [2.24, 2.45) is 0 Å². The topological polar surface area (TPSA) is 92.4 Å². The average molecular weight is 490 g/mol. The standard InChI is InChI=1S/C27H27N3O4S/c1-18(2)35(32,33)21-9-10-22(19(3)16-21)26(31)29-14-12-27(13-15-29)25-11-8-20(17-28)30(25)23-6-4-5-7-24(23)34-27/h4-11,16,18H,12-15H2,1-3H3. The molecule has 1 amide bonds. The van der Waals surface area contributed by atoms with Crippen LogP contribution in [0.1, 0.15) is 54.0 Å².